The van der Waals surface area contributed by atoms with E-state index >= 15 is 0 Å². The van der Waals surface area contributed by atoms with Gasteiger partial charge in [-0.05, 0) is 42.8 Å². The van der Waals surface area contributed by atoms with Gasteiger partial charge in [0.2, 0.25) is 0 Å². The van der Waals surface area contributed by atoms with Crippen LogP contribution in [-0.2, 0) is 4.79 Å². The van der Waals surface area contributed by atoms with Crippen LogP contribution in [0.3, 0.4) is 0 Å². The second-order valence-electron chi connectivity index (χ2n) is 5.00. The number of benzene rings is 1. The van der Waals surface area contributed by atoms with E-state index in [0.29, 0.717) is 22.1 Å². The minimum atomic E-state index is -0.291. The van der Waals surface area contributed by atoms with E-state index in [1.165, 1.54) is 0 Å². The molecule has 6 heteroatoms. The number of fused-ring (bicyclic) bond motifs is 1. The number of rotatable bonds is 4. The zero-order valence-corrected chi connectivity index (χ0v) is 13.2. The fourth-order valence-corrected chi connectivity index (χ4v) is 2.31. The third-order valence-corrected chi connectivity index (χ3v) is 3.55. The second kappa shape index (κ2) is 6.62. The molecular formula is C17H14ClN3O2. The average Bonchev–Trinajstić information content (AvgIpc) is 2.57. The normalized spacial score (nSPS) is 10.5. The fraction of sp³-hybridized carbons (Fsp3) is 0.118. The predicted molar refractivity (Wildman–Crippen MR) is 89.9 cm³/mol. The number of nitrogens with one attached hydrogen (secondary N) is 1. The van der Waals surface area contributed by atoms with E-state index in [0.717, 1.165) is 10.9 Å². The van der Waals surface area contributed by atoms with Gasteiger partial charge in [-0.1, -0.05) is 17.7 Å². The summed E-state index contributed by atoms with van der Waals surface area (Å²) >= 11 is 6.13. The number of nitrogens with zero attached hydrogens (tertiary/aromatic N) is 2. The highest BCUT2D eigenvalue weighted by atomic mass is 35.5. The van der Waals surface area contributed by atoms with Gasteiger partial charge in [0.25, 0.3) is 5.91 Å². The summed E-state index contributed by atoms with van der Waals surface area (Å²) in [6, 6.07) is 10.7. The van der Waals surface area contributed by atoms with Crippen LogP contribution in [-0.4, -0.2) is 22.5 Å². The van der Waals surface area contributed by atoms with E-state index < -0.39 is 0 Å². The molecule has 0 aliphatic heterocycles. The van der Waals surface area contributed by atoms with E-state index in [2.05, 4.69) is 15.3 Å². The molecule has 1 amide bonds. The van der Waals surface area contributed by atoms with E-state index in [4.69, 9.17) is 16.3 Å². The van der Waals surface area contributed by atoms with Gasteiger partial charge in [-0.2, -0.15) is 0 Å². The third-order valence-electron chi connectivity index (χ3n) is 3.22. The topological polar surface area (TPSA) is 64.1 Å². The molecule has 3 rings (SSSR count). The number of pyridine rings is 2. The highest BCUT2D eigenvalue weighted by molar-refractivity contribution is 6.35. The maximum absolute atomic E-state index is 12.0. The van der Waals surface area contributed by atoms with Gasteiger partial charge in [0.1, 0.15) is 17.1 Å². The minimum Gasteiger partial charge on any atom is -0.481 e. The Morgan fingerprint density at radius 3 is 2.87 bits per heavy atom. The number of carbonyl (C=O) groups excluding carboxylic acids is 1. The molecule has 0 bridgehead atoms. The first kappa shape index (κ1) is 15.2. The number of ether oxygens (including phenoxy) is 1. The van der Waals surface area contributed by atoms with Crippen molar-refractivity contribution in [2.75, 3.05) is 11.9 Å². The number of amides is 1. The van der Waals surface area contributed by atoms with Crippen LogP contribution >= 0.6 is 11.6 Å². The van der Waals surface area contributed by atoms with Gasteiger partial charge in [0.05, 0.1) is 5.02 Å². The number of halogens is 1. The number of hydrogen-bond donors (Lipinski definition) is 1. The minimum absolute atomic E-state index is 0.136. The molecule has 0 fully saturated rings. The van der Waals surface area contributed by atoms with Gasteiger partial charge in [0, 0.05) is 17.8 Å². The summed E-state index contributed by atoms with van der Waals surface area (Å²) in [5.74, 6) is 0.709. The maximum atomic E-state index is 12.0. The number of aryl methyl sites for hydroxylation is 1. The van der Waals surface area contributed by atoms with E-state index in [-0.39, 0.29) is 12.5 Å². The van der Waals surface area contributed by atoms with Crippen molar-refractivity contribution < 1.29 is 9.53 Å². The van der Waals surface area contributed by atoms with Crippen LogP contribution in [0.25, 0.3) is 10.9 Å². The Balaban J connectivity index is 1.70. The van der Waals surface area contributed by atoms with Crippen LogP contribution in [0.5, 0.6) is 5.75 Å². The Kier molecular flexibility index (Phi) is 4.39. The van der Waals surface area contributed by atoms with Gasteiger partial charge in [-0.15, -0.1) is 0 Å². The van der Waals surface area contributed by atoms with E-state index in [1.807, 2.05) is 19.1 Å². The first-order valence-corrected chi connectivity index (χ1v) is 7.40. The fourth-order valence-electron chi connectivity index (χ4n) is 2.09. The van der Waals surface area contributed by atoms with Gasteiger partial charge < -0.3 is 10.1 Å². The molecule has 3 aromatic rings. The Hall–Kier alpha value is -2.66. The molecule has 116 valence electrons. The number of anilines is 1. The van der Waals surface area contributed by atoms with Crippen molar-refractivity contribution in [3.63, 3.8) is 0 Å². The van der Waals surface area contributed by atoms with Crippen molar-refractivity contribution in [2.24, 2.45) is 0 Å². The summed E-state index contributed by atoms with van der Waals surface area (Å²) in [6.07, 6.45) is 3.34. The maximum Gasteiger partial charge on any atom is 0.263 e. The van der Waals surface area contributed by atoms with Crippen molar-refractivity contribution in [3.05, 3.63) is 59.4 Å². The number of aromatic nitrogens is 2. The van der Waals surface area contributed by atoms with Crippen LogP contribution in [0.15, 0.2) is 48.8 Å². The lowest BCUT2D eigenvalue weighted by molar-refractivity contribution is -0.118. The molecule has 0 saturated carbocycles. The SMILES string of the molecule is Cc1ccc(NC(=O)COc2ccc(Cl)c3cccnc23)nc1. The highest BCUT2D eigenvalue weighted by Gasteiger charge is 2.09. The average molecular weight is 328 g/mol. The third kappa shape index (κ3) is 3.57. The monoisotopic (exact) mass is 327 g/mol. The number of carbonyl (C=O) groups is 1. The van der Waals surface area contributed by atoms with E-state index in [1.54, 1.807) is 36.7 Å². The second-order valence-corrected chi connectivity index (χ2v) is 5.41. The predicted octanol–water partition coefficient (Wildman–Crippen LogP) is 3.61. The van der Waals surface area contributed by atoms with Crippen molar-refractivity contribution in [1.82, 2.24) is 9.97 Å². The molecule has 0 atom stereocenters. The Morgan fingerprint density at radius 2 is 2.09 bits per heavy atom. The lowest BCUT2D eigenvalue weighted by Crippen LogP contribution is -2.20. The van der Waals surface area contributed by atoms with Crippen molar-refractivity contribution >= 4 is 34.2 Å². The van der Waals surface area contributed by atoms with Gasteiger partial charge in [0.15, 0.2) is 6.61 Å². The largest absolute Gasteiger partial charge is 0.481 e. The lowest BCUT2D eigenvalue weighted by Gasteiger charge is -2.09. The van der Waals surface area contributed by atoms with E-state index in [9.17, 15) is 4.79 Å². The van der Waals surface area contributed by atoms with Gasteiger partial charge in [-0.3, -0.25) is 9.78 Å². The summed E-state index contributed by atoms with van der Waals surface area (Å²) in [6.45, 7) is 1.79. The Morgan fingerprint density at radius 1 is 1.22 bits per heavy atom. The first-order valence-electron chi connectivity index (χ1n) is 7.02. The smallest absolute Gasteiger partial charge is 0.263 e. The van der Waals surface area contributed by atoms with Crippen molar-refractivity contribution in [3.8, 4) is 5.75 Å². The molecule has 0 spiro atoms. The molecule has 0 radical (unpaired) electrons. The zero-order chi connectivity index (χ0) is 16.2. The van der Waals surface area contributed by atoms with Crippen molar-refractivity contribution in [2.45, 2.75) is 6.92 Å². The van der Waals surface area contributed by atoms with Crippen LogP contribution in [0.4, 0.5) is 5.82 Å². The summed E-state index contributed by atoms with van der Waals surface area (Å²) in [5, 5.41) is 4.05. The summed E-state index contributed by atoms with van der Waals surface area (Å²) in [4.78, 5) is 20.3. The molecule has 5 nitrogen and oxygen atoms in total. The quantitative estimate of drug-likeness (QED) is 0.795. The molecular weight excluding hydrogens is 314 g/mol. The van der Waals surface area contributed by atoms with Crippen molar-refractivity contribution in [1.29, 1.82) is 0 Å². The molecule has 2 heterocycles. The van der Waals surface area contributed by atoms with Gasteiger partial charge in [-0.25, -0.2) is 4.98 Å². The molecule has 1 N–H and O–H groups in total. The molecule has 0 aliphatic rings. The van der Waals surface area contributed by atoms with Gasteiger partial charge >= 0.3 is 0 Å². The van der Waals surface area contributed by atoms with Crippen LogP contribution in [0, 0.1) is 6.92 Å². The summed E-state index contributed by atoms with van der Waals surface area (Å²) in [7, 11) is 0. The van der Waals surface area contributed by atoms with Crippen LogP contribution in [0.2, 0.25) is 5.02 Å². The Labute approximate surface area is 138 Å². The highest BCUT2D eigenvalue weighted by Crippen LogP contribution is 2.29. The number of hydrogen-bond acceptors (Lipinski definition) is 4. The van der Waals surface area contributed by atoms with Crippen LogP contribution < -0.4 is 10.1 Å². The lowest BCUT2D eigenvalue weighted by atomic mass is 10.2. The Bertz CT molecular complexity index is 850. The first-order chi connectivity index (χ1) is 11.1. The molecule has 1 aromatic carbocycles. The molecule has 0 saturated heterocycles. The standard InChI is InChI=1S/C17H14ClN3O2/c1-11-4-7-15(20-9-11)21-16(22)10-23-14-6-5-13(18)12-3-2-8-19-17(12)14/h2-9H,10H2,1H3,(H,20,21,22). The summed E-state index contributed by atoms with van der Waals surface area (Å²) < 4.78 is 5.57. The molecule has 23 heavy (non-hydrogen) atoms. The summed E-state index contributed by atoms with van der Waals surface area (Å²) in [5.41, 5.74) is 1.65. The molecule has 2 aromatic heterocycles. The molecule has 0 aliphatic carbocycles. The zero-order valence-electron chi connectivity index (χ0n) is 12.4. The molecule has 0 unspecified atom stereocenters. The van der Waals surface area contributed by atoms with Crippen LogP contribution in [0.1, 0.15) is 5.56 Å².